The summed E-state index contributed by atoms with van der Waals surface area (Å²) >= 11 is 0. The van der Waals surface area contributed by atoms with Gasteiger partial charge in [-0.25, -0.2) is 0 Å². The smallest absolute Gasteiger partial charge is 0.275 e. The Hall–Kier alpha value is -2.53. The zero-order valence-electron chi connectivity index (χ0n) is 17.0. The molecule has 1 heterocycles. The third kappa shape index (κ3) is 5.26. The molecule has 150 valence electrons. The number of carbonyl (C=O) groups excluding carboxylic acids is 1. The molecule has 5 nitrogen and oxygen atoms in total. The first-order valence-electron chi connectivity index (χ1n) is 10.2. The Labute approximate surface area is 168 Å². The molecule has 2 aromatic carbocycles. The van der Waals surface area contributed by atoms with Crippen molar-refractivity contribution in [2.24, 2.45) is 0 Å². The van der Waals surface area contributed by atoms with E-state index < -0.39 is 0 Å². The summed E-state index contributed by atoms with van der Waals surface area (Å²) in [4.78, 5) is 16.1. The van der Waals surface area contributed by atoms with E-state index in [4.69, 9.17) is 4.74 Å². The molecule has 5 heteroatoms. The highest BCUT2D eigenvalue weighted by molar-refractivity contribution is 5.76. The molecule has 0 spiro atoms. The predicted octanol–water partition coefficient (Wildman–Crippen LogP) is 1.71. The average Bonchev–Trinajstić information content (AvgIpc) is 2.75. The first-order chi connectivity index (χ1) is 13.7. The highest BCUT2D eigenvalue weighted by Crippen LogP contribution is 2.27. The van der Waals surface area contributed by atoms with E-state index in [1.807, 2.05) is 24.3 Å². The maximum atomic E-state index is 12.4. The van der Waals surface area contributed by atoms with Crippen molar-refractivity contribution in [3.8, 4) is 5.75 Å². The number of amides is 1. The maximum Gasteiger partial charge on any atom is 0.275 e. The van der Waals surface area contributed by atoms with Gasteiger partial charge in [0.25, 0.3) is 5.91 Å². The number of ether oxygens (including phenoxy) is 1. The highest BCUT2D eigenvalue weighted by Gasteiger charge is 2.24. The van der Waals surface area contributed by atoms with E-state index in [1.54, 1.807) is 7.11 Å². The van der Waals surface area contributed by atoms with Crippen LogP contribution in [-0.4, -0.2) is 52.3 Å². The fraction of sp³-hybridized carbons (Fsp3) is 0.435. The fourth-order valence-corrected chi connectivity index (χ4v) is 3.88. The summed E-state index contributed by atoms with van der Waals surface area (Å²) in [6, 6.07) is 18.6. The number of anilines is 1. The Morgan fingerprint density at radius 1 is 1.11 bits per heavy atom. The van der Waals surface area contributed by atoms with Gasteiger partial charge < -0.3 is 19.9 Å². The number of rotatable bonds is 8. The molecule has 1 fully saturated rings. The number of quaternary nitrogens is 1. The lowest BCUT2D eigenvalue weighted by Crippen LogP contribution is -3.16. The topological polar surface area (TPSA) is 46.0 Å². The average molecular weight is 383 g/mol. The molecule has 1 atom stereocenters. The summed E-state index contributed by atoms with van der Waals surface area (Å²) in [5, 5.41) is 3.15. The van der Waals surface area contributed by atoms with Crippen LogP contribution in [0.2, 0.25) is 0 Å². The third-order valence-electron chi connectivity index (χ3n) is 5.62. The minimum Gasteiger partial charge on any atom is -0.495 e. The van der Waals surface area contributed by atoms with E-state index in [0.717, 1.165) is 44.0 Å². The molecule has 0 aromatic heterocycles. The van der Waals surface area contributed by atoms with Crippen molar-refractivity contribution in [2.45, 2.75) is 19.3 Å². The second-order valence-corrected chi connectivity index (χ2v) is 7.41. The molecule has 1 aliphatic heterocycles. The van der Waals surface area contributed by atoms with Crippen LogP contribution < -0.4 is 19.9 Å². The van der Waals surface area contributed by atoms with Gasteiger partial charge in [-0.1, -0.05) is 49.4 Å². The van der Waals surface area contributed by atoms with Gasteiger partial charge in [0.05, 0.1) is 39.0 Å². The molecule has 0 saturated carbocycles. The van der Waals surface area contributed by atoms with Crippen LogP contribution in [0.25, 0.3) is 0 Å². The number of methoxy groups -OCH3 is 1. The lowest BCUT2D eigenvalue weighted by Gasteiger charge is -2.34. The van der Waals surface area contributed by atoms with Gasteiger partial charge in [0, 0.05) is 12.5 Å². The van der Waals surface area contributed by atoms with Gasteiger partial charge >= 0.3 is 0 Å². The van der Waals surface area contributed by atoms with E-state index in [-0.39, 0.29) is 5.91 Å². The van der Waals surface area contributed by atoms with Crippen LogP contribution in [0.4, 0.5) is 5.69 Å². The minimum absolute atomic E-state index is 0.148. The second kappa shape index (κ2) is 10.1. The molecule has 0 radical (unpaired) electrons. The van der Waals surface area contributed by atoms with Crippen molar-refractivity contribution in [3.63, 3.8) is 0 Å². The number of benzene rings is 2. The second-order valence-electron chi connectivity index (χ2n) is 7.41. The van der Waals surface area contributed by atoms with Crippen molar-refractivity contribution in [1.82, 2.24) is 5.32 Å². The molecule has 0 aliphatic carbocycles. The number of carbonyl (C=O) groups is 1. The summed E-state index contributed by atoms with van der Waals surface area (Å²) in [5.41, 5.74) is 2.44. The molecule has 2 N–H and O–H groups in total. The Morgan fingerprint density at radius 3 is 2.46 bits per heavy atom. The van der Waals surface area contributed by atoms with E-state index in [2.05, 4.69) is 47.5 Å². The van der Waals surface area contributed by atoms with Gasteiger partial charge in [-0.3, -0.25) is 4.79 Å². The van der Waals surface area contributed by atoms with Crippen LogP contribution in [0.1, 0.15) is 24.8 Å². The first kappa shape index (κ1) is 20.2. The van der Waals surface area contributed by atoms with Gasteiger partial charge in [-0.2, -0.15) is 0 Å². The summed E-state index contributed by atoms with van der Waals surface area (Å²) in [7, 11) is 1.71. The number of nitrogens with one attached hydrogen (secondary N) is 2. The van der Waals surface area contributed by atoms with Crippen molar-refractivity contribution in [3.05, 3.63) is 60.2 Å². The molecule has 0 unspecified atom stereocenters. The molecule has 1 aliphatic rings. The number of nitrogens with zero attached hydrogens (tertiary/aromatic N) is 1. The highest BCUT2D eigenvalue weighted by atomic mass is 16.5. The number of hydrogen-bond donors (Lipinski definition) is 2. The molecular weight excluding hydrogens is 350 g/mol. The largest absolute Gasteiger partial charge is 0.495 e. The van der Waals surface area contributed by atoms with Crippen molar-refractivity contribution in [1.29, 1.82) is 0 Å². The molecule has 28 heavy (non-hydrogen) atoms. The summed E-state index contributed by atoms with van der Waals surface area (Å²) < 4.78 is 5.48. The van der Waals surface area contributed by atoms with Crippen LogP contribution in [-0.2, 0) is 4.79 Å². The lowest BCUT2D eigenvalue weighted by atomic mass is 9.96. The monoisotopic (exact) mass is 382 g/mol. The lowest BCUT2D eigenvalue weighted by molar-refractivity contribution is -0.892. The van der Waals surface area contributed by atoms with Gasteiger partial charge in [0.1, 0.15) is 5.75 Å². The van der Waals surface area contributed by atoms with Gasteiger partial charge in [0.2, 0.25) is 0 Å². The summed E-state index contributed by atoms with van der Waals surface area (Å²) in [6.45, 7) is 7.22. The van der Waals surface area contributed by atoms with E-state index in [0.29, 0.717) is 19.0 Å². The first-order valence-corrected chi connectivity index (χ1v) is 10.2. The normalized spacial score (nSPS) is 15.9. The van der Waals surface area contributed by atoms with Crippen LogP contribution in [0, 0.1) is 0 Å². The Bertz CT molecular complexity index is 743. The molecule has 1 saturated heterocycles. The van der Waals surface area contributed by atoms with Crippen molar-refractivity contribution in [2.75, 3.05) is 51.3 Å². The zero-order chi connectivity index (χ0) is 19.8. The number of hydrogen-bond acceptors (Lipinski definition) is 3. The SMILES string of the molecule is CC[C@@H](CNC(=O)C[NH+]1CCN(c2ccccc2OC)CC1)c1ccccc1. The molecule has 1 amide bonds. The number of piperazine rings is 1. The van der Waals surface area contributed by atoms with Crippen LogP contribution in [0.3, 0.4) is 0 Å². The zero-order valence-corrected chi connectivity index (χ0v) is 17.0. The van der Waals surface area contributed by atoms with E-state index >= 15 is 0 Å². The van der Waals surface area contributed by atoms with Gasteiger partial charge in [-0.05, 0) is 24.1 Å². The van der Waals surface area contributed by atoms with Crippen LogP contribution in [0.5, 0.6) is 5.75 Å². The van der Waals surface area contributed by atoms with Crippen LogP contribution >= 0.6 is 0 Å². The minimum atomic E-state index is 0.148. The Balaban J connectivity index is 1.45. The number of para-hydroxylation sites is 2. The molecule has 0 bridgehead atoms. The summed E-state index contributed by atoms with van der Waals surface area (Å²) in [5.74, 6) is 1.44. The molecular formula is C23H32N3O2+. The van der Waals surface area contributed by atoms with E-state index in [1.165, 1.54) is 10.5 Å². The maximum absolute atomic E-state index is 12.4. The summed E-state index contributed by atoms with van der Waals surface area (Å²) in [6.07, 6.45) is 1.02. The fourth-order valence-electron chi connectivity index (χ4n) is 3.88. The Morgan fingerprint density at radius 2 is 1.79 bits per heavy atom. The van der Waals surface area contributed by atoms with Gasteiger partial charge in [-0.15, -0.1) is 0 Å². The Kier molecular flexibility index (Phi) is 7.31. The standard InChI is InChI=1S/C23H31N3O2/c1-3-19(20-9-5-4-6-10-20)17-24-23(27)18-25-13-15-26(16-14-25)21-11-7-8-12-22(21)28-2/h4-12,19H,3,13-18H2,1-2H3,(H,24,27)/p+1/t19-/m0/s1. The van der Waals surface area contributed by atoms with Crippen LogP contribution in [0.15, 0.2) is 54.6 Å². The van der Waals surface area contributed by atoms with Gasteiger partial charge in [0.15, 0.2) is 6.54 Å². The van der Waals surface area contributed by atoms with E-state index in [9.17, 15) is 4.79 Å². The van der Waals surface area contributed by atoms with Crippen molar-refractivity contribution >= 4 is 11.6 Å². The van der Waals surface area contributed by atoms with Crippen molar-refractivity contribution < 1.29 is 14.4 Å². The molecule has 2 aromatic rings. The molecule has 3 rings (SSSR count). The third-order valence-corrected chi connectivity index (χ3v) is 5.62. The quantitative estimate of drug-likeness (QED) is 0.731. The predicted molar refractivity (Wildman–Crippen MR) is 113 cm³/mol.